The first-order chi connectivity index (χ1) is 4.77. The highest BCUT2D eigenvalue weighted by Crippen LogP contribution is 2.05. The van der Waals surface area contributed by atoms with Crippen molar-refractivity contribution in [3.05, 3.63) is 17.5 Å². The van der Waals surface area contributed by atoms with E-state index < -0.39 is 0 Å². The van der Waals surface area contributed by atoms with Gasteiger partial charge in [-0.3, -0.25) is 4.68 Å². The van der Waals surface area contributed by atoms with Crippen molar-refractivity contribution in [3.63, 3.8) is 0 Å². The van der Waals surface area contributed by atoms with Gasteiger partial charge in [0.05, 0.1) is 5.69 Å². The van der Waals surface area contributed by atoms with Gasteiger partial charge in [0.15, 0.2) is 0 Å². The van der Waals surface area contributed by atoms with Gasteiger partial charge in [-0.2, -0.15) is 5.10 Å². The van der Waals surface area contributed by atoms with Crippen LogP contribution in [0.3, 0.4) is 0 Å². The first kappa shape index (κ1) is 7.75. The van der Waals surface area contributed by atoms with Gasteiger partial charge >= 0.3 is 0 Å². The van der Waals surface area contributed by atoms with Crippen molar-refractivity contribution in [2.24, 2.45) is 12.8 Å². The Morgan fingerprint density at radius 3 is 2.80 bits per heavy atom. The number of hydrogen-bond donors (Lipinski definition) is 1. The number of alkyl halides is 1. The molecule has 0 fully saturated rings. The zero-order valence-electron chi connectivity index (χ0n) is 5.84. The summed E-state index contributed by atoms with van der Waals surface area (Å²) in [5.74, 6) is 0. The predicted molar refractivity (Wildman–Crippen MR) is 43.7 cm³/mol. The molecule has 0 atom stereocenters. The number of halogens is 1. The van der Waals surface area contributed by atoms with E-state index >= 15 is 0 Å². The monoisotopic (exact) mass is 203 g/mol. The van der Waals surface area contributed by atoms with Crippen LogP contribution >= 0.6 is 15.9 Å². The van der Waals surface area contributed by atoms with Crippen molar-refractivity contribution in [3.8, 4) is 0 Å². The third-order valence-corrected chi connectivity index (χ3v) is 1.95. The normalized spacial score (nSPS) is 10.3. The largest absolute Gasteiger partial charge is 0.325 e. The van der Waals surface area contributed by atoms with Crippen LogP contribution in [0.25, 0.3) is 0 Å². The fourth-order valence-corrected chi connectivity index (χ4v) is 1.32. The number of hydrogen-bond acceptors (Lipinski definition) is 2. The molecule has 3 nitrogen and oxygen atoms in total. The smallest absolute Gasteiger partial charge is 0.0763 e. The Labute approximate surface area is 68.3 Å². The summed E-state index contributed by atoms with van der Waals surface area (Å²) in [7, 11) is 1.91. The molecule has 0 saturated heterocycles. The molecule has 0 spiro atoms. The molecule has 0 aliphatic heterocycles. The van der Waals surface area contributed by atoms with Crippen LogP contribution in [0.4, 0.5) is 0 Å². The summed E-state index contributed by atoms with van der Waals surface area (Å²) in [5.41, 5.74) is 7.49. The second-order valence-electron chi connectivity index (χ2n) is 2.09. The highest BCUT2D eigenvalue weighted by Gasteiger charge is 2.00. The van der Waals surface area contributed by atoms with Gasteiger partial charge in [-0.15, -0.1) is 0 Å². The van der Waals surface area contributed by atoms with E-state index in [-0.39, 0.29) is 0 Å². The van der Waals surface area contributed by atoms with E-state index in [1.54, 1.807) is 0 Å². The standard InChI is InChI=1S/C6H10BrN3/c1-10-6(3-7)2-5(4-8)9-10/h2H,3-4,8H2,1H3. The van der Waals surface area contributed by atoms with E-state index in [1.165, 1.54) is 0 Å². The van der Waals surface area contributed by atoms with E-state index in [0.29, 0.717) is 6.54 Å². The molecule has 0 aliphatic carbocycles. The molecule has 0 aliphatic rings. The molecule has 0 aromatic carbocycles. The number of aromatic nitrogens is 2. The highest BCUT2D eigenvalue weighted by atomic mass is 79.9. The maximum atomic E-state index is 5.40. The molecule has 4 heteroatoms. The first-order valence-corrected chi connectivity index (χ1v) is 4.18. The van der Waals surface area contributed by atoms with Crippen LogP contribution in [0.1, 0.15) is 11.4 Å². The fraction of sp³-hybridized carbons (Fsp3) is 0.500. The van der Waals surface area contributed by atoms with Crippen LogP contribution in [0.2, 0.25) is 0 Å². The van der Waals surface area contributed by atoms with Gasteiger partial charge < -0.3 is 5.73 Å². The molecule has 0 amide bonds. The summed E-state index contributed by atoms with van der Waals surface area (Å²) in [6, 6.07) is 1.99. The van der Waals surface area contributed by atoms with Crippen LogP contribution in [0.5, 0.6) is 0 Å². The Balaban J connectivity index is 2.92. The fourth-order valence-electron chi connectivity index (χ4n) is 0.796. The zero-order chi connectivity index (χ0) is 7.56. The SMILES string of the molecule is Cn1nc(CN)cc1CBr. The molecule has 0 bridgehead atoms. The Morgan fingerprint density at radius 1 is 1.80 bits per heavy atom. The van der Waals surface area contributed by atoms with Crippen molar-refractivity contribution in [2.45, 2.75) is 11.9 Å². The van der Waals surface area contributed by atoms with Crippen LogP contribution in [0.15, 0.2) is 6.07 Å². The lowest BCUT2D eigenvalue weighted by molar-refractivity contribution is 0.718. The quantitative estimate of drug-likeness (QED) is 0.723. The predicted octanol–water partition coefficient (Wildman–Crippen LogP) is 0.774. The Hall–Kier alpha value is -0.350. The second kappa shape index (κ2) is 3.16. The van der Waals surface area contributed by atoms with Gasteiger partial charge in [-0.1, -0.05) is 15.9 Å². The van der Waals surface area contributed by atoms with Crippen molar-refractivity contribution in [1.82, 2.24) is 9.78 Å². The molecule has 1 aromatic heterocycles. The topological polar surface area (TPSA) is 43.8 Å². The van der Waals surface area contributed by atoms with E-state index in [1.807, 2.05) is 17.8 Å². The number of rotatable bonds is 2. The third kappa shape index (κ3) is 1.38. The zero-order valence-corrected chi connectivity index (χ0v) is 7.43. The molecule has 1 rings (SSSR count). The van der Waals surface area contributed by atoms with Crippen molar-refractivity contribution in [2.75, 3.05) is 0 Å². The lowest BCUT2D eigenvalue weighted by Crippen LogP contribution is -1.99. The van der Waals surface area contributed by atoms with Gasteiger partial charge in [-0.25, -0.2) is 0 Å². The molecule has 10 heavy (non-hydrogen) atoms. The first-order valence-electron chi connectivity index (χ1n) is 3.05. The van der Waals surface area contributed by atoms with Crippen LogP contribution in [0, 0.1) is 0 Å². The molecule has 0 radical (unpaired) electrons. The van der Waals surface area contributed by atoms with Gasteiger partial charge in [-0.05, 0) is 6.07 Å². The summed E-state index contributed by atoms with van der Waals surface area (Å²) in [6.45, 7) is 0.515. The summed E-state index contributed by atoms with van der Waals surface area (Å²) in [5, 5.41) is 4.99. The third-order valence-electron chi connectivity index (χ3n) is 1.37. The summed E-state index contributed by atoms with van der Waals surface area (Å²) >= 11 is 3.35. The van der Waals surface area contributed by atoms with Crippen LogP contribution in [-0.4, -0.2) is 9.78 Å². The minimum absolute atomic E-state index is 0.515. The van der Waals surface area contributed by atoms with E-state index in [0.717, 1.165) is 16.7 Å². The lowest BCUT2D eigenvalue weighted by atomic mass is 10.4. The summed E-state index contributed by atoms with van der Waals surface area (Å²) in [4.78, 5) is 0. The van der Waals surface area contributed by atoms with Crippen LogP contribution in [-0.2, 0) is 18.9 Å². The number of nitrogens with two attached hydrogens (primary N) is 1. The lowest BCUT2D eigenvalue weighted by Gasteiger charge is -1.91. The van der Waals surface area contributed by atoms with Gasteiger partial charge in [0.2, 0.25) is 0 Å². The number of nitrogens with zero attached hydrogens (tertiary/aromatic N) is 2. The van der Waals surface area contributed by atoms with E-state index in [4.69, 9.17) is 5.73 Å². The summed E-state index contributed by atoms with van der Waals surface area (Å²) < 4.78 is 1.83. The highest BCUT2D eigenvalue weighted by molar-refractivity contribution is 9.08. The maximum Gasteiger partial charge on any atom is 0.0763 e. The van der Waals surface area contributed by atoms with Gasteiger partial charge in [0.1, 0.15) is 0 Å². The second-order valence-corrected chi connectivity index (χ2v) is 2.65. The maximum absolute atomic E-state index is 5.40. The van der Waals surface area contributed by atoms with Gasteiger partial charge in [0, 0.05) is 24.6 Å². The minimum Gasteiger partial charge on any atom is -0.325 e. The Kier molecular flexibility index (Phi) is 2.45. The van der Waals surface area contributed by atoms with Crippen LogP contribution < -0.4 is 5.73 Å². The average Bonchev–Trinajstić information content (AvgIpc) is 2.30. The van der Waals surface area contributed by atoms with Crippen molar-refractivity contribution in [1.29, 1.82) is 0 Å². The average molecular weight is 204 g/mol. The molecule has 0 unspecified atom stereocenters. The van der Waals surface area contributed by atoms with E-state index in [2.05, 4.69) is 21.0 Å². The minimum atomic E-state index is 0.515. The molecule has 56 valence electrons. The Bertz CT molecular complexity index is 219. The Morgan fingerprint density at radius 2 is 2.50 bits per heavy atom. The molecule has 0 saturated carbocycles. The number of aryl methyl sites for hydroxylation is 1. The van der Waals surface area contributed by atoms with Gasteiger partial charge in [0.25, 0.3) is 0 Å². The van der Waals surface area contributed by atoms with Crippen molar-refractivity contribution >= 4 is 15.9 Å². The molecule has 2 N–H and O–H groups in total. The van der Waals surface area contributed by atoms with E-state index in [9.17, 15) is 0 Å². The molecular weight excluding hydrogens is 194 g/mol. The molecular formula is C6H10BrN3. The summed E-state index contributed by atoms with van der Waals surface area (Å²) in [6.07, 6.45) is 0. The molecule has 1 heterocycles. The molecule has 1 aromatic rings. The van der Waals surface area contributed by atoms with Crippen molar-refractivity contribution < 1.29 is 0 Å².